The molecule has 1 heteroatoms. The minimum atomic E-state index is 0.376. The summed E-state index contributed by atoms with van der Waals surface area (Å²) in [5.74, 6) is 2.74. The van der Waals surface area contributed by atoms with Crippen molar-refractivity contribution in [2.45, 2.75) is 52.0 Å². The monoisotopic (exact) mass is 243 g/mol. The molecule has 3 rings (SSSR count). The molecule has 4 unspecified atom stereocenters. The number of nitrogens with two attached hydrogens (primary N) is 1. The molecule has 18 heavy (non-hydrogen) atoms. The van der Waals surface area contributed by atoms with E-state index < -0.39 is 0 Å². The first-order valence-corrected chi connectivity index (χ1v) is 7.44. The summed E-state index contributed by atoms with van der Waals surface area (Å²) in [5.41, 5.74) is 10.7. The lowest BCUT2D eigenvalue weighted by Crippen LogP contribution is -2.35. The van der Waals surface area contributed by atoms with E-state index in [1.807, 2.05) is 0 Å². The SMILES string of the molecule is Cc1cc(C)cc(CC(N)C2CC3CCC2C3)c1. The lowest BCUT2D eigenvalue weighted by molar-refractivity contribution is 0.280. The summed E-state index contributed by atoms with van der Waals surface area (Å²) in [6.45, 7) is 4.36. The minimum absolute atomic E-state index is 0.376. The van der Waals surface area contributed by atoms with Gasteiger partial charge in [0.1, 0.15) is 0 Å². The van der Waals surface area contributed by atoms with Crippen molar-refractivity contribution in [2.75, 3.05) is 0 Å². The van der Waals surface area contributed by atoms with Gasteiger partial charge in [-0.05, 0) is 62.8 Å². The van der Waals surface area contributed by atoms with Crippen LogP contribution in [-0.2, 0) is 6.42 Å². The van der Waals surface area contributed by atoms with E-state index >= 15 is 0 Å². The average Bonchev–Trinajstić information content (AvgIpc) is 2.88. The summed E-state index contributed by atoms with van der Waals surface area (Å²) in [6, 6.07) is 7.23. The third kappa shape index (κ3) is 2.33. The van der Waals surface area contributed by atoms with E-state index in [9.17, 15) is 0 Å². The first kappa shape index (κ1) is 12.2. The van der Waals surface area contributed by atoms with Crippen molar-refractivity contribution in [2.24, 2.45) is 23.5 Å². The molecule has 2 bridgehead atoms. The summed E-state index contributed by atoms with van der Waals surface area (Å²) in [5, 5.41) is 0. The van der Waals surface area contributed by atoms with Crippen LogP contribution in [-0.4, -0.2) is 6.04 Å². The topological polar surface area (TPSA) is 26.0 Å². The van der Waals surface area contributed by atoms with Gasteiger partial charge in [-0.25, -0.2) is 0 Å². The quantitative estimate of drug-likeness (QED) is 0.862. The Morgan fingerprint density at radius 3 is 2.39 bits per heavy atom. The van der Waals surface area contributed by atoms with E-state index in [0.29, 0.717) is 6.04 Å². The van der Waals surface area contributed by atoms with E-state index in [1.54, 1.807) is 0 Å². The Morgan fingerprint density at radius 2 is 1.83 bits per heavy atom. The summed E-state index contributed by atoms with van der Waals surface area (Å²) in [7, 11) is 0. The van der Waals surface area contributed by atoms with Gasteiger partial charge in [-0.2, -0.15) is 0 Å². The third-order valence-corrected chi connectivity index (χ3v) is 5.10. The maximum Gasteiger partial charge on any atom is 0.0110 e. The van der Waals surface area contributed by atoms with Gasteiger partial charge in [-0.15, -0.1) is 0 Å². The zero-order valence-electron chi connectivity index (χ0n) is 11.7. The molecule has 0 amide bonds. The van der Waals surface area contributed by atoms with E-state index in [0.717, 1.165) is 24.2 Å². The van der Waals surface area contributed by atoms with E-state index in [2.05, 4.69) is 32.0 Å². The van der Waals surface area contributed by atoms with Gasteiger partial charge in [0.15, 0.2) is 0 Å². The Hall–Kier alpha value is -0.820. The molecule has 4 atom stereocenters. The van der Waals surface area contributed by atoms with Crippen LogP contribution in [0.15, 0.2) is 18.2 Å². The summed E-state index contributed by atoms with van der Waals surface area (Å²) in [4.78, 5) is 0. The van der Waals surface area contributed by atoms with Crippen molar-refractivity contribution < 1.29 is 0 Å². The van der Waals surface area contributed by atoms with Crippen molar-refractivity contribution >= 4 is 0 Å². The normalized spacial score (nSPS) is 31.8. The van der Waals surface area contributed by atoms with Crippen LogP contribution in [0.25, 0.3) is 0 Å². The van der Waals surface area contributed by atoms with Crippen LogP contribution < -0.4 is 5.73 Å². The lowest BCUT2D eigenvalue weighted by Gasteiger charge is -2.28. The Kier molecular flexibility index (Phi) is 3.19. The van der Waals surface area contributed by atoms with Crippen LogP contribution in [0.3, 0.4) is 0 Å². The first-order chi connectivity index (χ1) is 8.61. The van der Waals surface area contributed by atoms with Gasteiger partial charge in [-0.1, -0.05) is 35.7 Å². The Balaban J connectivity index is 1.68. The Labute approximate surface area is 111 Å². The molecule has 2 aliphatic rings. The predicted molar refractivity (Wildman–Crippen MR) is 76.5 cm³/mol. The molecule has 2 N–H and O–H groups in total. The Morgan fingerprint density at radius 1 is 1.11 bits per heavy atom. The highest BCUT2D eigenvalue weighted by molar-refractivity contribution is 5.29. The molecule has 0 saturated heterocycles. The second kappa shape index (κ2) is 4.70. The van der Waals surface area contributed by atoms with Crippen LogP contribution in [0.4, 0.5) is 0 Å². The van der Waals surface area contributed by atoms with Crippen LogP contribution >= 0.6 is 0 Å². The number of benzene rings is 1. The van der Waals surface area contributed by atoms with Crippen molar-refractivity contribution in [3.05, 3.63) is 34.9 Å². The van der Waals surface area contributed by atoms with Crippen molar-refractivity contribution in [1.82, 2.24) is 0 Å². The summed E-state index contributed by atoms with van der Waals surface area (Å²) < 4.78 is 0. The number of aryl methyl sites for hydroxylation is 2. The van der Waals surface area contributed by atoms with Crippen LogP contribution in [0.5, 0.6) is 0 Å². The van der Waals surface area contributed by atoms with Gasteiger partial charge >= 0.3 is 0 Å². The molecule has 1 aromatic carbocycles. The molecule has 2 aliphatic carbocycles. The highest BCUT2D eigenvalue weighted by Crippen LogP contribution is 2.49. The Bertz CT molecular complexity index is 417. The van der Waals surface area contributed by atoms with Crippen LogP contribution in [0, 0.1) is 31.6 Å². The van der Waals surface area contributed by atoms with E-state index in [1.165, 1.54) is 42.4 Å². The van der Waals surface area contributed by atoms with Gasteiger partial charge in [0.05, 0.1) is 0 Å². The fraction of sp³-hybridized carbons (Fsp3) is 0.647. The molecule has 0 aromatic heterocycles. The zero-order chi connectivity index (χ0) is 12.7. The highest BCUT2D eigenvalue weighted by Gasteiger charge is 2.41. The van der Waals surface area contributed by atoms with Crippen LogP contribution in [0.2, 0.25) is 0 Å². The van der Waals surface area contributed by atoms with Crippen LogP contribution in [0.1, 0.15) is 42.4 Å². The standard InChI is InChI=1S/C17H25N/c1-11-5-12(2)7-14(6-11)10-17(18)16-9-13-3-4-15(16)8-13/h5-7,13,15-17H,3-4,8-10,18H2,1-2H3. The van der Waals surface area contributed by atoms with E-state index in [-0.39, 0.29) is 0 Å². The smallest absolute Gasteiger partial charge is 0.0110 e. The maximum absolute atomic E-state index is 6.50. The lowest BCUT2D eigenvalue weighted by atomic mass is 9.81. The number of rotatable bonds is 3. The number of hydrogen-bond donors (Lipinski definition) is 1. The molecule has 0 aliphatic heterocycles. The molecule has 0 radical (unpaired) electrons. The maximum atomic E-state index is 6.50. The molecule has 1 aromatic rings. The molecule has 98 valence electrons. The van der Waals surface area contributed by atoms with Gasteiger partial charge in [-0.3, -0.25) is 0 Å². The van der Waals surface area contributed by atoms with Gasteiger partial charge in [0, 0.05) is 6.04 Å². The van der Waals surface area contributed by atoms with Gasteiger partial charge < -0.3 is 5.73 Å². The highest BCUT2D eigenvalue weighted by atomic mass is 14.7. The third-order valence-electron chi connectivity index (χ3n) is 5.10. The van der Waals surface area contributed by atoms with E-state index in [4.69, 9.17) is 5.73 Å². The average molecular weight is 243 g/mol. The second-order valence-corrected chi connectivity index (χ2v) is 6.70. The van der Waals surface area contributed by atoms with Crippen molar-refractivity contribution in [3.63, 3.8) is 0 Å². The number of hydrogen-bond acceptors (Lipinski definition) is 1. The molecule has 0 spiro atoms. The molecular formula is C17H25N. The molecule has 1 nitrogen and oxygen atoms in total. The fourth-order valence-electron chi connectivity index (χ4n) is 4.43. The minimum Gasteiger partial charge on any atom is -0.327 e. The predicted octanol–water partition coefficient (Wildman–Crippen LogP) is 3.61. The molecule has 0 heterocycles. The number of fused-ring (bicyclic) bond motifs is 2. The molecular weight excluding hydrogens is 218 g/mol. The largest absolute Gasteiger partial charge is 0.327 e. The van der Waals surface area contributed by atoms with Crippen molar-refractivity contribution in [3.8, 4) is 0 Å². The first-order valence-electron chi connectivity index (χ1n) is 7.44. The zero-order valence-corrected chi connectivity index (χ0v) is 11.7. The van der Waals surface area contributed by atoms with Crippen molar-refractivity contribution in [1.29, 1.82) is 0 Å². The summed E-state index contributed by atoms with van der Waals surface area (Å²) >= 11 is 0. The van der Waals surface area contributed by atoms with Gasteiger partial charge in [0.25, 0.3) is 0 Å². The molecule has 2 fully saturated rings. The summed E-state index contributed by atoms with van der Waals surface area (Å²) in [6.07, 6.45) is 6.84. The molecule has 2 saturated carbocycles. The second-order valence-electron chi connectivity index (χ2n) is 6.70. The fourth-order valence-corrected chi connectivity index (χ4v) is 4.43. The van der Waals surface area contributed by atoms with Gasteiger partial charge in [0.2, 0.25) is 0 Å².